The third-order valence-electron chi connectivity index (χ3n) is 2.99. The van der Waals surface area contributed by atoms with Crippen molar-refractivity contribution in [2.45, 2.75) is 13.0 Å². The van der Waals surface area contributed by atoms with Crippen LogP contribution in [-0.4, -0.2) is 13.7 Å². The molecule has 0 aliphatic rings. The summed E-state index contributed by atoms with van der Waals surface area (Å²) in [5.74, 6) is 1.44. The van der Waals surface area contributed by atoms with Crippen LogP contribution in [0.1, 0.15) is 17.2 Å². The van der Waals surface area contributed by atoms with E-state index in [4.69, 9.17) is 15.2 Å². The Hall–Kier alpha value is -2.00. The average molecular weight is 257 g/mol. The quantitative estimate of drug-likeness (QED) is 0.895. The maximum Gasteiger partial charge on any atom is 0.161 e. The van der Waals surface area contributed by atoms with Crippen molar-refractivity contribution in [3.8, 4) is 11.5 Å². The topological polar surface area (TPSA) is 44.5 Å². The largest absolute Gasteiger partial charge is 0.493 e. The number of nitrogens with two attached hydrogens (primary N) is 1. The first-order valence-corrected chi connectivity index (χ1v) is 6.28. The molecule has 0 spiro atoms. The molecular formula is C16H19NO2. The zero-order chi connectivity index (χ0) is 13.7. The van der Waals surface area contributed by atoms with E-state index in [-0.39, 0.29) is 6.04 Å². The summed E-state index contributed by atoms with van der Waals surface area (Å²) in [6.07, 6.45) is 0. The lowest BCUT2D eigenvalue weighted by molar-refractivity contribution is 0.273. The molecule has 1 atom stereocenters. The van der Waals surface area contributed by atoms with Crippen LogP contribution in [0.5, 0.6) is 11.5 Å². The number of aryl methyl sites for hydroxylation is 1. The van der Waals surface area contributed by atoms with Crippen LogP contribution in [0.3, 0.4) is 0 Å². The zero-order valence-electron chi connectivity index (χ0n) is 11.3. The summed E-state index contributed by atoms with van der Waals surface area (Å²) >= 11 is 0. The van der Waals surface area contributed by atoms with Gasteiger partial charge >= 0.3 is 0 Å². The third kappa shape index (κ3) is 3.48. The molecule has 2 N–H and O–H groups in total. The molecule has 0 fully saturated rings. The van der Waals surface area contributed by atoms with Crippen molar-refractivity contribution in [2.75, 3.05) is 13.7 Å². The van der Waals surface area contributed by atoms with E-state index in [9.17, 15) is 0 Å². The van der Waals surface area contributed by atoms with Crippen molar-refractivity contribution in [2.24, 2.45) is 5.73 Å². The Bertz CT molecular complexity index is 523. The van der Waals surface area contributed by atoms with Gasteiger partial charge in [-0.2, -0.15) is 0 Å². The summed E-state index contributed by atoms with van der Waals surface area (Å²) in [6.45, 7) is 2.48. The molecule has 0 amide bonds. The summed E-state index contributed by atoms with van der Waals surface area (Å²) in [5.41, 5.74) is 8.41. The van der Waals surface area contributed by atoms with Gasteiger partial charge in [-0.1, -0.05) is 42.0 Å². The van der Waals surface area contributed by atoms with E-state index in [1.165, 1.54) is 5.56 Å². The lowest BCUT2D eigenvalue weighted by Crippen LogP contribution is -2.19. The molecule has 0 radical (unpaired) electrons. The lowest BCUT2D eigenvalue weighted by Gasteiger charge is -2.15. The van der Waals surface area contributed by atoms with Crippen molar-refractivity contribution in [3.63, 3.8) is 0 Å². The summed E-state index contributed by atoms with van der Waals surface area (Å²) in [4.78, 5) is 0. The maximum absolute atomic E-state index is 6.12. The van der Waals surface area contributed by atoms with E-state index >= 15 is 0 Å². The molecule has 0 aliphatic carbocycles. The van der Waals surface area contributed by atoms with Gasteiger partial charge in [-0.15, -0.1) is 0 Å². The Morgan fingerprint density at radius 2 is 1.63 bits per heavy atom. The monoisotopic (exact) mass is 257 g/mol. The minimum Gasteiger partial charge on any atom is -0.493 e. The van der Waals surface area contributed by atoms with Crippen molar-refractivity contribution in [3.05, 3.63) is 59.7 Å². The number of methoxy groups -OCH3 is 1. The second-order valence-electron chi connectivity index (χ2n) is 4.48. The van der Waals surface area contributed by atoms with E-state index in [1.54, 1.807) is 7.11 Å². The third-order valence-corrected chi connectivity index (χ3v) is 2.99. The van der Waals surface area contributed by atoms with Crippen molar-refractivity contribution < 1.29 is 9.47 Å². The van der Waals surface area contributed by atoms with Gasteiger partial charge in [-0.3, -0.25) is 0 Å². The van der Waals surface area contributed by atoms with Gasteiger partial charge in [0.1, 0.15) is 6.61 Å². The summed E-state index contributed by atoms with van der Waals surface area (Å²) < 4.78 is 11.0. The summed E-state index contributed by atoms with van der Waals surface area (Å²) in [7, 11) is 1.63. The smallest absolute Gasteiger partial charge is 0.161 e. The van der Waals surface area contributed by atoms with Crippen LogP contribution >= 0.6 is 0 Å². The van der Waals surface area contributed by atoms with Crippen molar-refractivity contribution in [1.29, 1.82) is 0 Å². The molecule has 0 saturated carbocycles. The Morgan fingerprint density at radius 1 is 1.00 bits per heavy atom. The molecule has 0 heterocycles. The number of hydrogen-bond acceptors (Lipinski definition) is 3. The molecule has 100 valence electrons. The molecule has 0 bridgehead atoms. The molecule has 0 aromatic heterocycles. The fraction of sp³-hybridized carbons (Fsp3) is 0.250. The van der Waals surface area contributed by atoms with Gasteiger partial charge in [0.15, 0.2) is 11.5 Å². The van der Waals surface area contributed by atoms with Crippen LogP contribution in [0.25, 0.3) is 0 Å². The molecule has 3 nitrogen and oxygen atoms in total. The molecule has 1 unspecified atom stereocenters. The summed E-state index contributed by atoms with van der Waals surface area (Å²) in [6, 6.07) is 15.6. The average Bonchev–Trinajstić information content (AvgIpc) is 2.45. The Morgan fingerprint density at radius 3 is 2.26 bits per heavy atom. The Labute approximate surface area is 114 Å². The fourth-order valence-corrected chi connectivity index (χ4v) is 1.83. The van der Waals surface area contributed by atoms with Gasteiger partial charge < -0.3 is 15.2 Å². The van der Waals surface area contributed by atoms with Gasteiger partial charge in [0.05, 0.1) is 13.2 Å². The highest BCUT2D eigenvalue weighted by atomic mass is 16.5. The highest BCUT2D eigenvalue weighted by molar-refractivity contribution is 5.39. The predicted molar refractivity (Wildman–Crippen MR) is 76.6 cm³/mol. The highest BCUT2D eigenvalue weighted by Crippen LogP contribution is 2.26. The number of hydrogen-bond donors (Lipinski definition) is 1. The standard InChI is InChI=1S/C16H19NO2/c1-12-7-9-13(10-8-12)14(17)11-19-16-6-4-3-5-15(16)18-2/h3-10,14H,11,17H2,1-2H3. The number of ether oxygens (including phenoxy) is 2. The second kappa shape index (κ2) is 6.25. The van der Waals surface area contributed by atoms with Crippen molar-refractivity contribution >= 4 is 0 Å². The number of rotatable bonds is 5. The van der Waals surface area contributed by atoms with E-state index in [1.807, 2.05) is 36.4 Å². The maximum atomic E-state index is 6.12. The van der Waals surface area contributed by atoms with Crippen LogP contribution in [0, 0.1) is 6.92 Å². The van der Waals surface area contributed by atoms with Crippen LogP contribution < -0.4 is 15.2 Å². The first kappa shape index (κ1) is 13.4. The van der Waals surface area contributed by atoms with E-state index < -0.39 is 0 Å². The second-order valence-corrected chi connectivity index (χ2v) is 4.48. The highest BCUT2D eigenvalue weighted by Gasteiger charge is 2.08. The SMILES string of the molecule is COc1ccccc1OCC(N)c1ccc(C)cc1. The molecule has 0 aliphatic heterocycles. The fourth-order valence-electron chi connectivity index (χ4n) is 1.83. The molecule has 3 heteroatoms. The Balaban J connectivity index is 2.00. The van der Waals surface area contributed by atoms with Crippen LogP contribution in [-0.2, 0) is 0 Å². The van der Waals surface area contributed by atoms with Gasteiger partial charge in [0.2, 0.25) is 0 Å². The van der Waals surface area contributed by atoms with Crippen molar-refractivity contribution in [1.82, 2.24) is 0 Å². The minimum absolute atomic E-state index is 0.148. The number of para-hydroxylation sites is 2. The first-order chi connectivity index (χ1) is 9.20. The molecule has 2 rings (SSSR count). The Kier molecular flexibility index (Phi) is 4.42. The molecule has 19 heavy (non-hydrogen) atoms. The minimum atomic E-state index is -0.148. The van der Waals surface area contributed by atoms with Gasteiger partial charge in [0, 0.05) is 0 Å². The number of benzene rings is 2. The summed E-state index contributed by atoms with van der Waals surface area (Å²) in [5, 5.41) is 0. The van der Waals surface area contributed by atoms with E-state index in [0.29, 0.717) is 12.4 Å². The van der Waals surface area contributed by atoms with Gasteiger partial charge in [0.25, 0.3) is 0 Å². The van der Waals surface area contributed by atoms with Crippen LogP contribution in [0.4, 0.5) is 0 Å². The predicted octanol–water partition coefficient (Wildman–Crippen LogP) is 3.08. The van der Waals surface area contributed by atoms with E-state index in [2.05, 4.69) is 19.1 Å². The molecule has 2 aromatic rings. The normalized spacial score (nSPS) is 11.9. The lowest BCUT2D eigenvalue weighted by atomic mass is 10.1. The van der Waals surface area contributed by atoms with E-state index in [0.717, 1.165) is 11.3 Å². The van der Waals surface area contributed by atoms with Gasteiger partial charge in [-0.25, -0.2) is 0 Å². The molecular weight excluding hydrogens is 238 g/mol. The van der Waals surface area contributed by atoms with Crippen LogP contribution in [0.15, 0.2) is 48.5 Å². The van der Waals surface area contributed by atoms with Gasteiger partial charge in [-0.05, 0) is 24.6 Å². The van der Waals surface area contributed by atoms with Crippen LogP contribution in [0.2, 0.25) is 0 Å². The first-order valence-electron chi connectivity index (χ1n) is 6.28. The molecule has 0 saturated heterocycles. The zero-order valence-corrected chi connectivity index (χ0v) is 11.3. The molecule has 2 aromatic carbocycles.